The van der Waals surface area contributed by atoms with Crippen molar-refractivity contribution in [1.29, 1.82) is 0 Å². The number of aromatic carboxylic acids is 1. The van der Waals surface area contributed by atoms with Crippen molar-refractivity contribution in [2.24, 2.45) is 0 Å². The van der Waals surface area contributed by atoms with Gasteiger partial charge >= 0.3 is 5.97 Å². The van der Waals surface area contributed by atoms with Crippen molar-refractivity contribution in [2.75, 3.05) is 65.8 Å². The van der Waals surface area contributed by atoms with Crippen LogP contribution in [0.1, 0.15) is 27.0 Å². The van der Waals surface area contributed by atoms with Crippen LogP contribution >= 0.6 is 0 Å². The zero-order valence-electron chi connectivity index (χ0n) is 22.0. The lowest BCUT2D eigenvalue weighted by Crippen LogP contribution is -2.38. The minimum absolute atomic E-state index is 0.141. The van der Waals surface area contributed by atoms with Gasteiger partial charge < -0.3 is 19.3 Å². The molecule has 1 N–H and O–H groups in total. The van der Waals surface area contributed by atoms with Crippen molar-refractivity contribution in [1.82, 2.24) is 14.8 Å². The van der Waals surface area contributed by atoms with Crippen molar-refractivity contribution >= 4 is 5.97 Å². The van der Waals surface area contributed by atoms with Crippen molar-refractivity contribution in [2.45, 2.75) is 6.54 Å². The molecule has 5 rings (SSSR count). The summed E-state index contributed by atoms with van der Waals surface area (Å²) in [5.41, 5.74) is 4.59. The van der Waals surface area contributed by atoms with Crippen LogP contribution in [-0.2, 0) is 16.0 Å². The molecule has 0 aliphatic carbocycles. The third-order valence-electron chi connectivity index (χ3n) is 6.81. The Morgan fingerprint density at radius 3 is 2.05 bits per heavy atom. The lowest BCUT2D eigenvalue weighted by atomic mass is 10.1. The highest BCUT2D eigenvalue weighted by atomic mass is 16.5. The number of benzene rings is 2. The smallest absolute Gasteiger partial charge is 0.335 e. The maximum absolute atomic E-state index is 11.7. The Balaban J connectivity index is 1.22. The van der Waals surface area contributed by atoms with E-state index in [4.69, 9.17) is 14.2 Å². The highest BCUT2D eigenvalue weighted by Gasteiger charge is 2.14. The molecule has 2 aliphatic rings. The Morgan fingerprint density at radius 2 is 1.44 bits per heavy atom. The number of carboxylic acid groups (broad SMARTS) is 1. The van der Waals surface area contributed by atoms with Crippen LogP contribution in [0.5, 0.6) is 5.88 Å². The first-order valence-corrected chi connectivity index (χ1v) is 13.3. The Morgan fingerprint density at radius 1 is 0.846 bits per heavy atom. The molecular weight excluding hydrogens is 494 g/mol. The van der Waals surface area contributed by atoms with Crippen LogP contribution in [0.15, 0.2) is 60.7 Å². The number of pyridine rings is 1. The van der Waals surface area contributed by atoms with Gasteiger partial charge in [-0.25, -0.2) is 9.78 Å². The largest absolute Gasteiger partial charge is 0.478 e. The number of hydrogen-bond acceptors (Lipinski definition) is 7. The molecule has 8 nitrogen and oxygen atoms in total. The molecule has 3 heterocycles. The average Bonchev–Trinajstić information content (AvgIpc) is 2.98. The van der Waals surface area contributed by atoms with Crippen LogP contribution in [0, 0.1) is 11.8 Å². The standard InChI is InChI=1S/C31H33N3O5/c35-31(36)28-21-29(32-30(22-28)39-20-15-33-11-16-37-17-12-33)27-9-7-25(8-10-27)2-1-24-3-5-26(6-4-24)23-34-13-18-38-19-14-34/h3-10,21-22H,11-20,23H2,(H,35,36). The number of aromatic nitrogens is 1. The van der Waals surface area contributed by atoms with Crippen molar-refractivity contribution in [3.63, 3.8) is 0 Å². The number of morpholine rings is 2. The van der Waals surface area contributed by atoms with Gasteiger partial charge in [-0.2, -0.15) is 0 Å². The summed E-state index contributed by atoms with van der Waals surface area (Å²) in [6.45, 7) is 8.81. The van der Waals surface area contributed by atoms with Crippen LogP contribution in [0.2, 0.25) is 0 Å². The maximum atomic E-state index is 11.7. The van der Waals surface area contributed by atoms with E-state index in [2.05, 4.69) is 50.9 Å². The highest BCUT2D eigenvalue weighted by molar-refractivity contribution is 5.89. The van der Waals surface area contributed by atoms with Gasteiger partial charge in [0, 0.05) is 62.0 Å². The van der Waals surface area contributed by atoms with E-state index in [1.54, 1.807) is 6.07 Å². The Hall–Kier alpha value is -3.74. The van der Waals surface area contributed by atoms with Crippen molar-refractivity contribution < 1.29 is 24.1 Å². The van der Waals surface area contributed by atoms with Gasteiger partial charge in [-0.1, -0.05) is 36.1 Å². The number of nitrogens with zero attached hydrogens (tertiary/aromatic N) is 3. The molecule has 39 heavy (non-hydrogen) atoms. The monoisotopic (exact) mass is 527 g/mol. The molecule has 2 aliphatic heterocycles. The van der Waals surface area contributed by atoms with E-state index in [1.165, 1.54) is 11.6 Å². The summed E-state index contributed by atoms with van der Waals surface area (Å²) in [6.07, 6.45) is 0. The van der Waals surface area contributed by atoms with Crippen LogP contribution in [0.3, 0.4) is 0 Å². The zero-order chi connectivity index (χ0) is 26.9. The summed E-state index contributed by atoms with van der Waals surface area (Å²) in [4.78, 5) is 20.9. The predicted molar refractivity (Wildman–Crippen MR) is 148 cm³/mol. The molecule has 0 unspecified atom stereocenters. The minimum Gasteiger partial charge on any atom is -0.478 e. The predicted octanol–water partition coefficient (Wildman–Crippen LogP) is 3.39. The molecular formula is C31H33N3O5. The van der Waals surface area contributed by atoms with E-state index in [9.17, 15) is 9.90 Å². The topological polar surface area (TPSA) is 84.4 Å². The van der Waals surface area contributed by atoms with E-state index >= 15 is 0 Å². The molecule has 202 valence electrons. The third kappa shape index (κ3) is 7.88. The van der Waals surface area contributed by atoms with Gasteiger partial charge in [-0.3, -0.25) is 9.80 Å². The van der Waals surface area contributed by atoms with Crippen LogP contribution in [-0.4, -0.2) is 91.6 Å². The third-order valence-corrected chi connectivity index (χ3v) is 6.81. The molecule has 0 amide bonds. The SMILES string of the molecule is O=C(O)c1cc(OCCN2CCOCC2)nc(-c2ccc(C#Cc3ccc(CN4CCOCC4)cc3)cc2)c1. The Labute approximate surface area is 229 Å². The molecule has 0 bridgehead atoms. The Kier molecular flexibility index (Phi) is 9.20. The lowest BCUT2D eigenvalue weighted by Gasteiger charge is -2.26. The second kappa shape index (κ2) is 13.4. The molecule has 0 atom stereocenters. The molecule has 2 fully saturated rings. The first-order chi connectivity index (χ1) is 19.1. The fourth-order valence-corrected chi connectivity index (χ4v) is 4.53. The average molecular weight is 528 g/mol. The zero-order valence-corrected chi connectivity index (χ0v) is 22.0. The fourth-order valence-electron chi connectivity index (χ4n) is 4.53. The summed E-state index contributed by atoms with van der Waals surface area (Å²) in [6, 6.07) is 19.1. The van der Waals surface area contributed by atoms with Crippen LogP contribution < -0.4 is 4.74 Å². The summed E-state index contributed by atoms with van der Waals surface area (Å²) in [7, 11) is 0. The fraction of sp³-hybridized carbons (Fsp3) is 0.355. The van der Waals surface area contributed by atoms with E-state index in [0.717, 1.165) is 82.4 Å². The van der Waals surface area contributed by atoms with Gasteiger partial charge in [-0.05, 0) is 35.9 Å². The highest BCUT2D eigenvalue weighted by Crippen LogP contribution is 2.23. The first kappa shape index (κ1) is 26.9. The Bertz CT molecular complexity index is 1300. The van der Waals surface area contributed by atoms with Crippen LogP contribution in [0.4, 0.5) is 0 Å². The molecule has 2 aromatic carbocycles. The van der Waals surface area contributed by atoms with Crippen LogP contribution in [0.25, 0.3) is 11.3 Å². The van der Waals surface area contributed by atoms with E-state index < -0.39 is 5.97 Å². The van der Waals surface area contributed by atoms with Crippen molar-refractivity contribution in [3.8, 4) is 29.0 Å². The van der Waals surface area contributed by atoms with Crippen molar-refractivity contribution in [3.05, 3.63) is 82.9 Å². The van der Waals surface area contributed by atoms with Gasteiger partial charge in [0.25, 0.3) is 0 Å². The number of hydrogen-bond donors (Lipinski definition) is 1. The minimum atomic E-state index is -1.02. The second-order valence-corrected chi connectivity index (χ2v) is 9.60. The van der Waals surface area contributed by atoms with Gasteiger partial charge in [0.2, 0.25) is 5.88 Å². The first-order valence-electron chi connectivity index (χ1n) is 13.3. The van der Waals surface area contributed by atoms with E-state index in [1.807, 2.05) is 24.3 Å². The molecule has 0 radical (unpaired) electrons. The van der Waals surface area contributed by atoms with Gasteiger partial charge in [0.05, 0.1) is 37.7 Å². The van der Waals surface area contributed by atoms with E-state index in [-0.39, 0.29) is 5.56 Å². The quantitative estimate of drug-likeness (QED) is 0.447. The summed E-state index contributed by atoms with van der Waals surface area (Å²) < 4.78 is 16.6. The molecule has 1 aromatic heterocycles. The molecule has 0 spiro atoms. The van der Waals surface area contributed by atoms with Gasteiger partial charge in [0.1, 0.15) is 6.61 Å². The van der Waals surface area contributed by atoms with E-state index in [0.29, 0.717) is 18.2 Å². The summed E-state index contributed by atoms with van der Waals surface area (Å²) in [5.74, 6) is 5.72. The number of rotatable bonds is 8. The molecule has 3 aromatic rings. The maximum Gasteiger partial charge on any atom is 0.335 e. The molecule has 2 saturated heterocycles. The van der Waals surface area contributed by atoms with Gasteiger partial charge in [0.15, 0.2) is 0 Å². The second-order valence-electron chi connectivity index (χ2n) is 9.60. The number of ether oxygens (including phenoxy) is 3. The lowest BCUT2D eigenvalue weighted by molar-refractivity contribution is 0.0320. The summed E-state index contributed by atoms with van der Waals surface area (Å²) >= 11 is 0. The molecule has 0 saturated carbocycles. The normalized spacial score (nSPS) is 16.3. The summed E-state index contributed by atoms with van der Waals surface area (Å²) in [5, 5.41) is 9.60. The molecule has 8 heteroatoms. The van der Waals surface area contributed by atoms with Gasteiger partial charge in [-0.15, -0.1) is 0 Å². The number of carbonyl (C=O) groups is 1. The number of carboxylic acids is 1.